The fraction of sp³-hybridized carbons (Fsp3) is 0.647. The molecule has 3 nitrogen and oxygen atoms in total. The van der Waals surface area contributed by atoms with Gasteiger partial charge in [0, 0.05) is 36.6 Å². The van der Waals surface area contributed by atoms with Crippen molar-refractivity contribution in [2.24, 2.45) is 11.3 Å². The average Bonchev–Trinajstić information content (AvgIpc) is 2.37. The number of hydrogen-bond acceptors (Lipinski definition) is 3. The molecule has 0 aliphatic carbocycles. The van der Waals surface area contributed by atoms with Gasteiger partial charge in [0.15, 0.2) is 0 Å². The highest BCUT2D eigenvalue weighted by Crippen LogP contribution is 2.36. The summed E-state index contributed by atoms with van der Waals surface area (Å²) in [7, 11) is 0. The minimum Gasteiger partial charge on any atom is -0.494 e. The molecule has 1 saturated heterocycles. The lowest BCUT2D eigenvalue weighted by Crippen LogP contribution is -2.38. The Kier molecular flexibility index (Phi) is 4.46. The topological polar surface area (TPSA) is 38.5 Å². The number of piperidine rings is 1. The molecule has 0 radical (unpaired) electrons. The summed E-state index contributed by atoms with van der Waals surface area (Å²) in [5, 5.41) is 0. The Labute approximate surface area is 123 Å². The van der Waals surface area contributed by atoms with Crippen LogP contribution in [0.15, 0.2) is 18.2 Å². The molecule has 2 rings (SSSR count). The molecule has 1 aromatic rings. The van der Waals surface area contributed by atoms with Crippen molar-refractivity contribution in [3.8, 4) is 5.75 Å². The number of ether oxygens (including phenoxy) is 1. The number of benzene rings is 1. The summed E-state index contributed by atoms with van der Waals surface area (Å²) in [5.41, 5.74) is 8.38. The van der Waals surface area contributed by atoms with E-state index in [2.05, 4.69) is 37.8 Å². The third kappa shape index (κ3) is 3.59. The second kappa shape index (κ2) is 5.94. The molecule has 0 atom stereocenters. The third-order valence-electron chi connectivity index (χ3n) is 4.31. The van der Waals surface area contributed by atoms with E-state index in [1.165, 1.54) is 18.5 Å². The van der Waals surface area contributed by atoms with Crippen LogP contribution in [0.2, 0.25) is 0 Å². The lowest BCUT2D eigenvalue weighted by molar-refractivity contribution is 0.199. The van der Waals surface area contributed by atoms with Crippen LogP contribution in [0.25, 0.3) is 0 Å². The number of hydrogen-bond donors (Lipinski definition) is 1. The van der Waals surface area contributed by atoms with Gasteiger partial charge in [-0.05, 0) is 37.2 Å². The van der Waals surface area contributed by atoms with Crippen LogP contribution in [0.4, 0.5) is 11.4 Å². The highest BCUT2D eigenvalue weighted by molar-refractivity contribution is 5.60. The van der Waals surface area contributed by atoms with E-state index < -0.39 is 0 Å². The van der Waals surface area contributed by atoms with Crippen molar-refractivity contribution in [1.82, 2.24) is 0 Å². The Morgan fingerprint density at radius 1 is 1.20 bits per heavy atom. The Bertz CT molecular complexity index is 443. The van der Waals surface area contributed by atoms with Gasteiger partial charge in [0.2, 0.25) is 0 Å². The Morgan fingerprint density at radius 3 is 2.40 bits per heavy atom. The van der Waals surface area contributed by atoms with Crippen LogP contribution in [-0.4, -0.2) is 19.7 Å². The van der Waals surface area contributed by atoms with Crippen molar-refractivity contribution in [3.05, 3.63) is 18.2 Å². The second-order valence-electron chi connectivity index (χ2n) is 6.82. The maximum absolute atomic E-state index is 5.99. The lowest BCUT2D eigenvalue weighted by atomic mass is 9.75. The maximum Gasteiger partial charge on any atom is 0.123 e. The van der Waals surface area contributed by atoms with Gasteiger partial charge in [0.05, 0.1) is 6.61 Å². The summed E-state index contributed by atoms with van der Waals surface area (Å²) in [6.07, 6.45) is 2.50. The Balaban J connectivity index is 2.07. The van der Waals surface area contributed by atoms with Crippen molar-refractivity contribution in [1.29, 1.82) is 0 Å². The smallest absolute Gasteiger partial charge is 0.123 e. The molecular formula is C17H28N2O. The molecule has 1 aliphatic heterocycles. The molecule has 0 amide bonds. The van der Waals surface area contributed by atoms with E-state index in [1.54, 1.807) is 0 Å². The van der Waals surface area contributed by atoms with Gasteiger partial charge in [-0.1, -0.05) is 20.8 Å². The number of nitrogens with two attached hydrogens (primary N) is 1. The zero-order valence-corrected chi connectivity index (χ0v) is 13.3. The van der Waals surface area contributed by atoms with Crippen LogP contribution in [0.3, 0.4) is 0 Å². The van der Waals surface area contributed by atoms with E-state index in [-0.39, 0.29) is 0 Å². The zero-order valence-electron chi connectivity index (χ0n) is 13.3. The monoisotopic (exact) mass is 276 g/mol. The first kappa shape index (κ1) is 15.0. The first-order valence-electron chi connectivity index (χ1n) is 7.68. The van der Waals surface area contributed by atoms with Gasteiger partial charge in [-0.3, -0.25) is 0 Å². The molecule has 0 aromatic heterocycles. The van der Waals surface area contributed by atoms with Crippen molar-refractivity contribution in [2.45, 2.75) is 40.5 Å². The molecule has 1 heterocycles. The van der Waals surface area contributed by atoms with Crippen molar-refractivity contribution < 1.29 is 4.74 Å². The van der Waals surface area contributed by atoms with Gasteiger partial charge in [-0.2, -0.15) is 0 Å². The van der Waals surface area contributed by atoms with Crippen LogP contribution < -0.4 is 15.4 Å². The highest BCUT2D eigenvalue weighted by atomic mass is 16.5. The van der Waals surface area contributed by atoms with E-state index in [9.17, 15) is 0 Å². The van der Waals surface area contributed by atoms with Gasteiger partial charge in [0.25, 0.3) is 0 Å². The normalized spacial score (nSPS) is 17.3. The summed E-state index contributed by atoms with van der Waals surface area (Å²) in [6.45, 7) is 11.9. The molecule has 1 aromatic carbocycles. The summed E-state index contributed by atoms with van der Waals surface area (Å²) >= 11 is 0. The number of rotatable bonds is 3. The molecular weight excluding hydrogens is 248 g/mol. The van der Waals surface area contributed by atoms with Crippen LogP contribution in [0, 0.1) is 11.3 Å². The van der Waals surface area contributed by atoms with Crippen LogP contribution >= 0.6 is 0 Å². The quantitative estimate of drug-likeness (QED) is 0.850. The van der Waals surface area contributed by atoms with Gasteiger partial charge >= 0.3 is 0 Å². The molecule has 20 heavy (non-hydrogen) atoms. The van der Waals surface area contributed by atoms with Gasteiger partial charge in [0.1, 0.15) is 5.75 Å². The van der Waals surface area contributed by atoms with Crippen molar-refractivity contribution >= 4 is 11.4 Å². The molecule has 1 fully saturated rings. The number of nitrogens with zero attached hydrogens (tertiary/aromatic N) is 1. The highest BCUT2D eigenvalue weighted by Gasteiger charge is 2.28. The van der Waals surface area contributed by atoms with Gasteiger partial charge in [-0.15, -0.1) is 0 Å². The van der Waals surface area contributed by atoms with E-state index >= 15 is 0 Å². The summed E-state index contributed by atoms with van der Waals surface area (Å²) < 4.78 is 5.59. The third-order valence-corrected chi connectivity index (χ3v) is 4.31. The molecule has 0 saturated carbocycles. The Morgan fingerprint density at radius 2 is 1.85 bits per heavy atom. The standard InChI is InChI=1S/C17H28N2O/c1-5-20-16-11-14(18)10-15(12-16)19-8-6-13(7-9-19)17(2,3)4/h10-13H,5-9,18H2,1-4H3. The lowest BCUT2D eigenvalue weighted by Gasteiger charge is -2.39. The first-order chi connectivity index (χ1) is 9.40. The fourth-order valence-corrected chi connectivity index (χ4v) is 3.04. The van der Waals surface area contributed by atoms with E-state index in [1.807, 2.05) is 13.0 Å². The van der Waals surface area contributed by atoms with Crippen LogP contribution in [-0.2, 0) is 0 Å². The average molecular weight is 276 g/mol. The largest absolute Gasteiger partial charge is 0.494 e. The zero-order chi connectivity index (χ0) is 14.8. The molecule has 3 heteroatoms. The van der Waals surface area contributed by atoms with E-state index in [0.717, 1.165) is 30.4 Å². The molecule has 0 spiro atoms. The van der Waals surface area contributed by atoms with Crippen molar-refractivity contribution in [2.75, 3.05) is 30.3 Å². The minimum atomic E-state index is 0.415. The summed E-state index contributed by atoms with van der Waals surface area (Å²) in [4.78, 5) is 2.43. The molecule has 0 bridgehead atoms. The van der Waals surface area contributed by atoms with Crippen LogP contribution in [0.1, 0.15) is 40.5 Å². The first-order valence-corrected chi connectivity index (χ1v) is 7.68. The summed E-state index contributed by atoms with van der Waals surface area (Å²) in [5.74, 6) is 1.69. The second-order valence-corrected chi connectivity index (χ2v) is 6.82. The fourth-order valence-electron chi connectivity index (χ4n) is 3.04. The van der Waals surface area contributed by atoms with E-state index in [0.29, 0.717) is 12.0 Å². The van der Waals surface area contributed by atoms with E-state index in [4.69, 9.17) is 10.5 Å². The van der Waals surface area contributed by atoms with Crippen molar-refractivity contribution in [3.63, 3.8) is 0 Å². The minimum absolute atomic E-state index is 0.415. The predicted octanol–water partition coefficient (Wildman–Crippen LogP) is 3.93. The van der Waals surface area contributed by atoms with Crippen LogP contribution in [0.5, 0.6) is 5.75 Å². The SMILES string of the molecule is CCOc1cc(N)cc(N2CCC(C(C)(C)C)CC2)c1. The number of anilines is 2. The Hall–Kier alpha value is -1.38. The molecule has 112 valence electrons. The number of nitrogen functional groups attached to an aromatic ring is 1. The summed E-state index contributed by atoms with van der Waals surface area (Å²) in [6, 6.07) is 6.06. The molecule has 0 unspecified atom stereocenters. The molecule has 2 N–H and O–H groups in total. The maximum atomic E-state index is 5.99. The van der Waals surface area contributed by atoms with Gasteiger partial charge < -0.3 is 15.4 Å². The van der Waals surface area contributed by atoms with Gasteiger partial charge in [-0.25, -0.2) is 0 Å². The predicted molar refractivity (Wildman–Crippen MR) is 86.4 cm³/mol. The molecule has 1 aliphatic rings.